The lowest BCUT2D eigenvalue weighted by Crippen LogP contribution is -2.55. The predicted octanol–water partition coefficient (Wildman–Crippen LogP) is 7.41. The van der Waals surface area contributed by atoms with Crippen LogP contribution in [0, 0.1) is 20.8 Å². The number of aromatic hydroxyl groups is 1. The van der Waals surface area contributed by atoms with Gasteiger partial charge in [0, 0.05) is 12.5 Å². The Kier molecular flexibility index (Phi) is 11.4. The van der Waals surface area contributed by atoms with Gasteiger partial charge in [-0.3, -0.25) is 9.59 Å². The van der Waals surface area contributed by atoms with E-state index in [-0.39, 0.29) is 12.2 Å². The largest absolute Gasteiger partial charge is 0.508 e. The summed E-state index contributed by atoms with van der Waals surface area (Å²) >= 11 is 6.49. The first kappa shape index (κ1) is 34.5. The van der Waals surface area contributed by atoms with Crippen molar-refractivity contribution in [3.05, 3.63) is 93.5 Å². The van der Waals surface area contributed by atoms with E-state index in [1.54, 1.807) is 49.9 Å². The molecule has 3 amide bonds. The van der Waals surface area contributed by atoms with Crippen LogP contribution in [0.4, 0.5) is 10.5 Å². The number of carbonyl (C=O) groups is 3. The summed E-state index contributed by atoms with van der Waals surface area (Å²) in [7, 11) is 0. The highest BCUT2D eigenvalue weighted by molar-refractivity contribution is 6.34. The second kappa shape index (κ2) is 14.6. The molecule has 0 aromatic heterocycles. The first-order chi connectivity index (χ1) is 20.6. The molecular formula is C35H44ClN3O5. The van der Waals surface area contributed by atoms with Gasteiger partial charge in [-0.15, -0.1) is 0 Å². The molecule has 8 nitrogen and oxygen atoms in total. The summed E-state index contributed by atoms with van der Waals surface area (Å²) in [6, 6.07) is 15.0. The molecule has 0 fully saturated rings. The molecule has 0 aliphatic carbocycles. The molecule has 3 rings (SSSR count). The van der Waals surface area contributed by atoms with Gasteiger partial charge in [0.1, 0.15) is 23.4 Å². The van der Waals surface area contributed by atoms with Crippen LogP contribution in [0.1, 0.15) is 74.9 Å². The van der Waals surface area contributed by atoms with Crippen molar-refractivity contribution in [2.24, 2.45) is 0 Å². The number of para-hydroxylation sites is 1. The summed E-state index contributed by atoms with van der Waals surface area (Å²) in [4.78, 5) is 43.5. The van der Waals surface area contributed by atoms with Crippen molar-refractivity contribution in [2.45, 2.75) is 92.0 Å². The zero-order chi connectivity index (χ0) is 32.8. The quantitative estimate of drug-likeness (QED) is 0.218. The van der Waals surface area contributed by atoms with E-state index in [0.717, 1.165) is 16.7 Å². The first-order valence-electron chi connectivity index (χ1n) is 14.8. The van der Waals surface area contributed by atoms with Crippen molar-refractivity contribution >= 4 is 35.2 Å². The second-order valence-corrected chi connectivity index (χ2v) is 12.6. The summed E-state index contributed by atoms with van der Waals surface area (Å²) in [5, 5.41) is 15.9. The third-order valence-corrected chi connectivity index (χ3v) is 7.84. The summed E-state index contributed by atoms with van der Waals surface area (Å²) in [6.07, 6.45) is -0.0994. The van der Waals surface area contributed by atoms with E-state index in [9.17, 15) is 19.5 Å². The van der Waals surface area contributed by atoms with E-state index in [2.05, 4.69) is 10.6 Å². The van der Waals surface area contributed by atoms with Crippen LogP contribution in [0.15, 0.2) is 60.7 Å². The van der Waals surface area contributed by atoms with Crippen LogP contribution in [0.25, 0.3) is 0 Å². The number of nitrogens with one attached hydrogen (secondary N) is 2. The Hall–Kier alpha value is -4.04. The van der Waals surface area contributed by atoms with E-state index in [1.165, 1.54) is 12.1 Å². The fraction of sp³-hybridized carbons (Fsp3) is 0.400. The maximum atomic E-state index is 14.7. The molecule has 236 valence electrons. The lowest BCUT2D eigenvalue weighted by atomic mass is 9.95. The Morgan fingerprint density at radius 2 is 1.61 bits per heavy atom. The van der Waals surface area contributed by atoms with Gasteiger partial charge in [0.2, 0.25) is 5.91 Å². The number of phenolic OH excluding ortho intramolecular Hbond substituents is 1. The van der Waals surface area contributed by atoms with Gasteiger partial charge in [0.15, 0.2) is 0 Å². The molecule has 0 spiro atoms. The minimum Gasteiger partial charge on any atom is -0.508 e. The molecular weight excluding hydrogens is 578 g/mol. The maximum Gasteiger partial charge on any atom is 0.408 e. The van der Waals surface area contributed by atoms with Gasteiger partial charge in [-0.1, -0.05) is 61.0 Å². The zero-order valence-electron chi connectivity index (χ0n) is 26.8. The molecule has 44 heavy (non-hydrogen) atoms. The monoisotopic (exact) mass is 621 g/mol. The summed E-state index contributed by atoms with van der Waals surface area (Å²) in [6.45, 7) is 14.8. The first-order valence-corrected chi connectivity index (χ1v) is 15.2. The molecule has 0 saturated heterocycles. The molecule has 3 aromatic rings. The zero-order valence-corrected chi connectivity index (χ0v) is 27.6. The lowest BCUT2D eigenvalue weighted by Gasteiger charge is -2.38. The molecule has 3 N–H and O–H groups in total. The third kappa shape index (κ3) is 8.99. The van der Waals surface area contributed by atoms with Crippen molar-refractivity contribution < 1.29 is 24.2 Å². The number of halogens is 1. The van der Waals surface area contributed by atoms with Gasteiger partial charge >= 0.3 is 6.09 Å². The molecule has 3 atom stereocenters. The SMILES string of the molecule is CCC(C)N(C(=O)C(Cc1ccc(O)cc1)NC(=O)OC(C)(C)C)C(C(=O)Nc1c(C)cccc1Cl)c1ccc(C)c(C)c1. The molecule has 0 heterocycles. The van der Waals surface area contributed by atoms with Crippen LogP contribution in [0.3, 0.4) is 0 Å². The number of amides is 3. The topological polar surface area (TPSA) is 108 Å². The number of benzene rings is 3. The molecule has 0 bridgehead atoms. The van der Waals surface area contributed by atoms with Crippen LogP contribution < -0.4 is 10.6 Å². The van der Waals surface area contributed by atoms with Crippen LogP contribution in [0.2, 0.25) is 5.02 Å². The van der Waals surface area contributed by atoms with Crippen molar-refractivity contribution in [1.29, 1.82) is 0 Å². The maximum absolute atomic E-state index is 14.7. The Labute approximate surface area is 265 Å². The molecule has 3 unspecified atom stereocenters. The minimum absolute atomic E-state index is 0.0827. The highest BCUT2D eigenvalue weighted by atomic mass is 35.5. The number of alkyl carbamates (subject to hydrolysis) is 1. The number of hydrogen-bond acceptors (Lipinski definition) is 5. The van der Waals surface area contributed by atoms with Crippen LogP contribution >= 0.6 is 11.6 Å². The van der Waals surface area contributed by atoms with Gasteiger partial charge in [-0.2, -0.15) is 0 Å². The Bertz CT molecular complexity index is 1460. The molecule has 0 radical (unpaired) electrons. The smallest absolute Gasteiger partial charge is 0.408 e. The highest BCUT2D eigenvalue weighted by Gasteiger charge is 2.39. The fourth-order valence-electron chi connectivity index (χ4n) is 4.85. The van der Waals surface area contributed by atoms with Gasteiger partial charge in [-0.25, -0.2) is 4.79 Å². The van der Waals surface area contributed by atoms with Gasteiger partial charge < -0.3 is 25.4 Å². The van der Waals surface area contributed by atoms with E-state index in [1.807, 2.05) is 58.9 Å². The van der Waals surface area contributed by atoms with E-state index in [0.29, 0.717) is 28.3 Å². The van der Waals surface area contributed by atoms with E-state index in [4.69, 9.17) is 16.3 Å². The predicted molar refractivity (Wildman–Crippen MR) is 175 cm³/mol. The number of phenols is 1. The lowest BCUT2D eigenvalue weighted by molar-refractivity contribution is -0.143. The number of rotatable bonds is 10. The Balaban J connectivity index is 2.15. The summed E-state index contributed by atoms with van der Waals surface area (Å²) < 4.78 is 5.51. The van der Waals surface area contributed by atoms with Gasteiger partial charge in [0.05, 0.1) is 10.7 Å². The van der Waals surface area contributed by atoms with Crippen LogP contribution in [-0.2, 0) is 20.7 Å². The van der Waals surface area contributed by atoms with Crippen LogP contribution in [-0.4, -0.2) is 45.6 Å². The number of anilines is 1. The Morgan fingerprint density at radius 3 is 2.18 bits per heavy atom. The fourth-order valence-corrected chi connectivity index (χ4v) is 5.12. The number of nitrogens with zero attached hydrogens (tertiary/aromatic N) is 1. The van der Waals surface area contributed by atoms with Crippen molar-refractivity contribution in [3.63, 3.8) is 0 Å². The molecule has 9 heteroatoms. The number of aryl methyl sites for hydroxylation is 3. The highest BCUT2D eigenvalue weighted by Crippen LogP contribution is 2.32. The van der Waals surface area contributed by atoms with Crippen molar-refractivity contribution in [2.75, 3.05) is 5.32 Å². The molecule has 0 aliphatic heterocycles. The number of ether oxygens (including phenoxy) is 1. The van der Waals surface area contributed by atoms with E-state index >= 15 is 0 Å². The summed E-state index contributed by atoms with van der Waals surface area (Å²) in [5.74, 6) is -0.800. The molecule has 3 aromatic carbocycles. The molecule has 0 aliphatic rings. The van der Waals surface area contributed by atoms with Crippen molar-refractivity contribution in [1.82, 2.24) is 10.2 Å². The average Bonchev–Trinajstić information content (AvgIpc) is 2.94. The minimum atomic E-state index is -1.08. The average molecular weight is 622 g/mol. The Morgan fingerprint density at radius 1 is 0.955 bits per heavy atom. The number of hydrogen-bond donors (Lipinski definition) is 3. The normalized spacial score (nSPS) is 13.4. The standard InChI is InChI=1S/C35H44ClN3O5/c1-9-24(5)39(33(42)29(37-34(43)44-35(6,7)8)20-25-14-17-27(40)18-15-25)31(26-16-13-21(2)23(4)19-26)32(41)38-30-22(3)11-10-12-28(30)36/h10-19,24,29,31,40H,9,20H2,1-8H3,(H,37,43)(H,38,41). The number of carbonyl (C=O) groups excluding carboxylic acids is 3. The van der Waals surface area contributed by atoms with Gasteiger partial charge in [-0.05, 0) is 101 Å². The third-order valence-electron chi connectivity index (χ3n) is 7.53. The molecule has 0 saturated carbocycles. The van der Waals surface area contributed by atoms with Crippen LogP contribution in [0.5, 0.6) is 5.75 Å². The van der Waals surface area contributed by atoms with Crippen molar-refractivity contribution in [3.8, 4) is 5.75 Å². The van der Waals surface area contributed by atoms with E-state index < -0.39 is 41.6 Å². The van der Waals surface area contributed by atoms with Gasteiger partial charge in [0.25, 0.3) is 5.91 Å². The summed E-state index contributed by atoms with van der Waals surface area (Å²) in [5.41, 5.74) is 3.82. The second-order valence-electron chi connectivity index (χ2n) is 12.2.